The first-order valence-corrected chi connectivity index (χ1v) is 3.39. The molecule has 1 aromatic rings. The van der Waals surface area contributed by atoms with Crippen LogP contribution in [0.1, 0.15) is 5.56 Å². The number of aliphatic imine (C=N–C) groups is 1. The van der Waals surface area contributed by atoms with E-state index in [0.29, 0.717) is 0 Å². The van der Waals surface area contributed by atoms with Crippen molar-refractivity contribution in [3.63, 3.8) is 0 Å². The molecule has 2 N–H and O–H groups in total. The van der Waals surface area contributed by atoms with E-state index < -0.39 is 17.7 Å². The lowest BCUT2D eigenvalue weighted by Gasteiger charge is -1.96. The number of carbonyl (C=O) groups is 1. The third-order valence-corrected chi connectivity index (χ3v) is 1.32. The lowest BCUT2D eigenvalue weighted by molar-refractivity contribution is 0.257. The fourth-order valence-corrected chi connectivity index (χ4v) is 0.762. The Hall–Kier alpha value is -1.78. The minimum atomic E-state index is -0.998. The summed E-state index contributed by atoms with van der Waals surface area (Å²) < 4.78 is 25.6. The Morgan fingerprint density at radius 3 is 2.38 bits per heavy atom. The number of hydrogen-bond acceptors (Lipinski definition) is 1. The van der Waals surface area contributed by atoms with Gasteiger partial charge in [-0.1, -0.05) is 6.07 Å². The van der Waals surface area contributed by atoms with Crippen molar-refractivity contribution in [2.45, 2.75) is 0 Å². The average molecular weight is 184 g/mol. The zero-order valence-corrected chi connectivity index (χ0v) is 6.50. The van der Waals surface area contributed by atoms with Gasteiger partial charge >= 0.3 is 6.03 Å². The van der Waals surface area contributed by atoms with Crippen molar-refractivity contribution in [3.05, 3.63) is 35.4 Å². The lowest BCUT2D eigenvalue weighted by Crippen LogP contribution is -2.05. The van der Waals surface area contributed by atoms with Gasteiger partial charge in [0.25, 0.3) is 0 Å². The molecule has 0 aliphatic heterocycles. The van der Waals surface area contributed by atoms with Crippen LogP contribution < -0.4 is 5.73 Å². The molecule has 13 heavy (non-hydrogen) atoms. The van der Waals surface area contributed by atoms with Gasteiger partial charge in [0.1, 0.15) is 11.6 Å². The van der Waals surface area contributed by atoms with Crippen molar-refractivity contribution in [2.75, 3.05) is 0 Å². The molecule has 2 amide bonds. The van der Waals surface area contributed by atoms with Gasteiger partial charge < -0.3 is 5.73 Å². The second kappa shape index (κ2) is 3.75. The highest BCUT2D eigenvalue weighted by Gasteiger charge is 2.04. The number of rotatable bonds is 1. The fraction of sp³-hybridized carbons (Fsp3) is 0. The van der Waals surface area contributed by atoms with Crippen LogP contribution in [-0.4, -0.2) is 12.2 Å². The van der Waals surface area contributed by atoms with E-state index in [-0.39, 0.29) is 5.56 Å². The summed E-state index contributed by atoms with van der Waals surface area (Å²) in [5, 5.41) is 0. The molecule has 0 spiro atoms. The molecule has 0 fully saturated rings. The molecule has 5 heteroatoms. The average Bonchev–Trinajstić information content (AvgIpc) is 2.03. The van der Waals surface area contributed by atoms with Crippen LogP contribution in [0.2, 0.25) is 0 Å². The standard InChI is InChI=1S/C8H6F2N2O/c9-6-2-1-3-7(10)5(6)4-12-8(11)13/h1-4H,(H2,11,13). The van der Waals surface area contributed by atoms with Crippen molar-refractivity contribution in [1.82, 2.24) is 0 Å². The molecule has 0 aromatic heterocycles. The van der Waals surface area contributed by atoms with Gasteiger partial charge in [0.15, 0.2) is 0 Å². The number of halogens is 2. The number of nitrogens with zero attached hydrogens (tertiary/aromatic N) is 1. The predicted molar refractivity (Wildman–Crippen MR) is 43.5 cm³/mol. The van der Waals surface area contributed by atoms with E-state index in [4.69, 9.17) is 0 Å². The molecular formula is C8H6F2N2O. The van der Waals surface area contributed by atoms with Gasteiger partial charge in [-0.25, -0.2) is 18.6 Å². The molecule has 0 heterocycles. The van der Waals surface area contributed by atoms with E-state index in [1.54, 1.807) is 0 Å². The normalized spacial score (nSPS) is 10.6. The Labute approximate surface area is 72.9 Å². The molecule has 0 unspecified atom stereocenters. The van der Waals surface area contributed by atoms with Crippen LogP contribution in [0, 0.1) is 11.6 Å². The Bertz CT molecular complexity index is 343. The summed E-state index contributed by atoms with van der Waals surface area (Å²) in [6, 6.07) is 2.34. The van der Waals surface area contributed by atoms with E-state index in [1.807, 2.05) is 0 Å². The van der Waals surface area contributed by atoms with Gasteiger partial charge in [0, 0.05) is 6.21 Å². The van der Waals surface area contributed by atoms with Crippen LogP contribution in [0.3, 0.4) is 0 Å². The van der Waals surface area contributed by atoms with Gasteiger partial charge in [-0.05, 0) is 12.1 Å². The molecule has 0 radical (unpaired) electrons. The van der Waals surface area contributed by atoms with Crippen molar-refractivity contribution >= 4 is 12.2 Å². The van der Waals surface area contributed by atoms with E-state index in [1.165, 1.54) is 6.07 Å². The molecule has 0 atom stereocenters. The van der Waals surface area contributed by atoms with Crippen molar-refractivity contribution in [3.8, 4) is 0 Å². The van der Waals surface area contributed by atoms with E-state index in [9.17, 15) is 13.6 Å². The number of urea groups is 1. The summed E-state index contributed by atoms with van der Waals surface area (Å²) in [5.41, 5.74) is 4.28. The second-order valence-corrected chi connectivity index (χ2v) is 2.23. The van der Waals surface area contributed by atoms with Gasteiger partial charge in [-0.2, -0.15) is 0 Å². The molecule has 3 nitrogen and oxygen atoms in total. The van der Waals surface area contributed by atoms with Crippen LogP contribution in [0.5, 0.6) is 0 Å². The van der Waals surface area contributed by atoms with Crippen LogP contribution >= 0.6 is 0 Å². The second-order valence-electron chi connectivity index (χ2n) is 2.23. The third kappa shape index (κ3) is 2.33. The van der Waals surface area contributed by atoms with E-state index >= 15 is 0 Å². The minimum Gasteiger partial charge on any atom is -0.350 e. The summed E-state index contributed by atoms with van der Waals surface area (Å²) in [6.07, 6.45) is 0.757. The van der Waals surface area contributed by atoms with Crippen LogP contribution in [0.15, 0.2) is 23.2 Å². The molecule has 0 saturated heterocycles. The Kier molecular flexibility index (Phi) is 2.69. The zero-order chi connectivity index (χ0) is 9.84. The number of hydrogen-bond donors (Lipinski definition) is 1. The SMILES string of the molecule is NC(=O)N=Cc1c(F)cccc1F. The Morgan fingerprint density at radius 2 is 1.92 bits per heavy atom. The van der Waals surface area contributed by atoms with Gasteiger partial charge in [-0.3, -0.25) is 0 Å². The Balaban J connectivity index is 3.06. The number of amides is 2. The van der Waals surface area contributed by atoms with Crippen LogP contribution in [0.25, 0.3) is 0 Å². The lowest BCUT2D eigenvalue weighted by atomic mass is 10.2. The summed E-state index contributed by atoms with van der Waals surface area (Å²) in [5.74, 6) is -1.57. The number of benzene rings is 1. The summed E-state index contributed by atoms with van der Waals surface area (Å²) in [7, 11) is 0. The summed E-state index contributed by atoms with van der Waals surface area (Å²) in [4.78, 5) is 13.2. The first kappa shape index (κ1) is 9.31. The maximum atomic E-state index is 12.8. The van der Waals surface area contributed by atoms with Crippen molar-refractivity contribution in [2.24, 2.45) is 10.7 Å². The van der Waals surface area contributed by atoms with Crippen molar-refractivity contribution in [1.29, 1.82) is 0 Å². The minimum absolute atomic E-state index is 0.374. The molecule has 0 bridgehead atoms. The van der Waals surface area contributed by atoms with Gasteiger partial charge in [0.05, 0.1) is 5.56 Å². The smallest absolute Gasteiger partial charge is 0.338 e. The van der Waals surface area contributed by atoms with E-state index in [2.05, 4.69) is 10.7 Å². The fourth-order valence-electron chi connectivity index (χ4n) is 0.762. The summed E-state index contributed by atoms with van der Waals surface area (Å²) in [6.45, 7) is 0. The Morgan fingerprint density at radius 1 is 1.38 bits per heavy atom. The quantitative estimate of drug-likeness (QED) is 0.660. The highest BCUT2D eigenvalue weighted by Crippen LogP contribution is 2.08. The topological polar surface area (TPSA) is 55.5 Å². The predicted octanol–water partition coefficient (Wildman–Crippen LogP) is 1.46. The molecular weight excluding hydrogens is 178 g/mol. The molecule has 1 aromatic carbocycles. The monoisotopic (exact) mass is 184 g/mol. The largest absolute Gasteiger partial charge is 0.350 e. The van der Waals surface area contributed by atoms with Gasteiger partial charge in [-0.15, -0.1) is 0 Å². The molecule has 0 saturated carbocycles. The number of nitrogens with two attached hydrogens (primary N) is 1. The molecule has 0 aliphatic rings. The molecule has 0 aliphatic carbocycles. The highest BCUT2D eigenvalue weighted by atomic mass is 19.1. The van der Waals surface area contributed by atoms with Crippen LogP contribution in [0.4, 0.5) is 13.6 Å². The number of carbonyl (C=O) groups excluding carboxylic acids is 1. The zero-order valence-electron chi connectivity index (χ0n) is 6.50. The third-order valence-electron chi connectivity index (χ3n) is 1.32. The molecule has 68 valence electrons. The van der Waals surface area contributed by atoms with Crippen molar-refractivity contribution < 1.29 is 13.6 Å². The maximum absolute atomic E-state index is 12.8. The molecule has 1 rings (SSSR count). The number of primary amides is 1. The van der Waals surface area contributed by atoms with E-state index in [0.717, 1.165) is 18.3 Å². The summed E-state index contributed by atoms with van der Waals surface area (Å²) >= 11 is 0. The van der Waals surface area contributed by atoms with Gasteiger partial charge in [0.2, 0.25) is 0 Å². The van der Waals surface area contributed by atoms with Crippen LogP contribution in [-0.2, 0) is 0 Å². The first-order chi connectivity index (χ1) is 6.11. The maximum Gasteiger partial charge on any atom is 0.338 e. The first-order valence-electron chi connectivity index (χ1n) is 3.39. The highest BCUT2D eigenvalue weighted by molar-refractivity contribution is 5.90.